The molecule has 5 aromatic carbocycles. The van der Waals surface area contributed by atoms with Crippen molar-refractivity contribution in [1.29, 1.82) is 0 Å². The Balaban J connectivity index is 1.37. The summed E-state index contributed by atoms with van der Waals surface area (Å²) in [4.78, 5) is 0. The lowest BCUT2D eigenvalue weighted by Crippen LogP contribution is -1.89. The van der Waals surface area contributed by atoms with Gasteiger partial charge in [0.15, 0.2) is 0 Å². The molecule has 0 spiro atoms. The molecule has 0 fully saturated rings. The van der Waals surface area contributed by atoms with Crippen LogP contribution in [0, 0.1) is 0 Å². The second-order valence-electron chi connectivity index (χ2n) is 7.94. The first-order valence-corrected chi connectivity index (χ1v) is 11.0. The minimum atomic E-state index is 0.673. The van der Waals surface area contributed by atoms with E-state index in [0.29, 0.717) is 22.9 Å². The fourth-order valence-electron chi connectivity index (χ4n) is 3.82. The lowest BCUT2D eigenvalue weighted by Gasteiger charge is -2.12. The van der Waals surface area contributed by atoms with Gasteiger partial charge in [0.25, 0.3) is 0 Å². The smallest absolute Gasteiger partial charge is 0.129 e. The number of ether oxygens (including phenoxy) is 2. The zero-order valence-corrected chi connectivity index (χ0v) is 18.5. The molecule has 0 saturated heterocycles. The SMILES string of the molecule is Nc1cccc(Oc2ccc(-c3ccccc3-c3ccc(Oc4cccc(N)c4)cc3)cc2)c1. The van der Waals surface area contributed by atoms with Crippen molar-refractivity contribution in [1.82, 2.24) is 0 Å². The highest BCUT2D eigenvalue weighted by Crippen LogP contribution is 2.35. The minimum Gasteiger partial charge on any atom is -0.457 e. The molecular formula is C30H24N2O2. The first kappa shape index (κ1) is 21.2. The van der Waals surface area contributed by atoms with Crippen LogP contribution < -0.4 is 20.9 Å². The molecule has 0 aliphatic heterocycles. The first-order chi connectivity index (χ1) is 16.6. The zero-order valence-electron chi connectivity index (χ0n) is 18.5. The quantitative estimate of drug-likeness (QED) is 0.262. The number of nitrogens with two attached hydrogens (primary N) is 2. The number of hydrogen-bond donors (Lipinski definition) is 2. The van der Waals surface area contributed by atoms with Crippen molar-refractivity contribution in [2.24, 2.45) is 0 Å². The van der Waals surface area contributed by atoms with E-state index in [-0.39, 0.29) is 0 Å². The lowest BCUT2D eigenvalue weighted by atomic mass is 9.94. The predicted octanol–water partition coefficient (Wildman–Crippen LogP) is 7.77. The van der Waals surface area contributed by atoms with Crippen LogP contribution in [0.2, 0.25) is 0 Å². The molecule has 4 nitrogen and oxygen atoms in total. The zero-order chi connectivity index (χ0) is 23.3. The Morgan fingerprint density at radius 2 is 0.794 bits per heavy atom. The van der Waals surface area contributed by atoms with Crippen molar-refractivity contribution in [3.05, 3.63) is 121 Å². The van der Waals surface area contributed by atoms with E-state index in [1.807, 2.05) is 84.9 Å². The van der Waals surface area contributed by atoms with Gasteiger partial charge in [-0.3, -0.25) is 0 Å². The molecule has 0 unspecified atom stereocenters. The van der Waals surface area contributed by atoms with Crippen LogP contribution in [0.4, 0.5) is 11.4 Å². The minimum absolute atomic E-state index is 0.673. The standard InChI is InChI=1S/C30H24N2O2/c31-23-5-3-7-27(19-23)33-25-15-11-21(12-16-25)29-9-1-2-10-30(29)22-13-17-26(18-14-22)34-28-8-4-6-24(32)20-28/h1-20H,31-32H2. The van der Waals surface area contributed by atoms with Gasteiger partial charge in [0.05, 0.1) is 0 Å². The third kappa shape index (κ3) is 4.87. The van der Waals surface area contributed by atoms with Gasteiger partial charge in [-0.2, -0.15) is 0 Å². The van der Waals surface area contributed by atoms with Crippen molar-refractivity contribution in [3.63, 3.8) is 0 Å². The average Bonchev–Trinajstić information content (AvgIpc) is 2.85. The van der Waals surface area contributed by atoms with Crippen LogP contribution in [0.25, 0.3) is 22.3 Å². The van der Waals surface area contributed by atoms with Crippen molar-refractivity contribution in [2.45, 2.75) is 0 Å². The number of hydrogen-bond acceptors (Lipinski definition) is 4. The van der Waals surface area contributed by atoms with E-state index < -0.39 is 0 Å². The van der Waals surface area contributed by atoms with E-state index >= 15 is 0 Å². The van der Waals surface area contributed by atoms with Crippen molar-refractivity contribution in [3.8, 4) is 45.3 Å². The largest absolute Gasteiger partial charge is 0.457 e. The molecule has 0 aliphatic rings. The van der Waals surface area contributed by atoms with Crippen LogP contribution in [-0.4, -0.2) is 0 Å². The van der Waals surface area contributed by atoms with E-state index in [1.54, 1.807) is 0 Å². The molecule has 0 heterocycles. The van der Waals surface area contributed by atoms with Gasteiger partial charge in [-0.25, -0.2) is 0 Å². The van der Waals surface area contributed by atoms with E-state index in [9.17, 15) is 0 Å². The topological polar surface area (TPSA) is 70.5 Å². The highest BCUT2D eigenvalue weighted by atomic mass is 16.5. The normalized spacial score (nSPS) is 10.6. The summed E-state index contributed by atoms with van der Waals surface area (Å²) in [6, 6.07) is 39.3. The van der Waals surface area contributed by atoms with Gasteiger partial charge in [0.2, 0.25) is 0 Å². The summed E-state index contributed by atoms with van der Waals surface area (Å²) in [6.45, 7) is 0. The summed E-state index contributed by atoms with van der Waals surface area (Å²) in [7, 11) is 0. The van der Waals surface area contributed by atoms with E-state index in [0.717, 1.165) is 33.8 Å². The fraction of sp³-hybridized carbons (Fsp3) is 0. The Labute approximate surface area is 199 Å². The third-order valence-electron chi connectivity index (χ3n) is 5.45. The van der Waals surface area contributed by atoms with Gasteiger partial charge in [-0.05, 0) is 70.8 Å². The molecule has 5 rings (SSSR count). The molecule has 4 heteroatoms. The highest BCUT2D eigenvalue weighted by molar-refractivity contribution is 5.83. The molecule has 34 heavy (non-hydrogen) atoms. The molecule has 5 aromatic rings. The maximum Gasteiger partial charge on any atom is 0.129 e. The van der Waals surface area contributed by atoms with Gasteiger partial charge in [0.1, 0.15) is 23.0 Å². The van der Waals surface area contributed by atoms with Gasteiger partial charge >= 0.3 is 0 Å². The Morgan fingerprint density at radius 3 is 1.18 bits per heavy atom. The lowest BCUT2D eigenvalue weighted by molar-refractivity contribution is 0.483. The summed E-state index contributed by atoms with van der Waals surface area (Å²) in [5, 5.41) is 0. The first-order valence-electron chi connectivity index (χ1n) is 11.0. The van der Waals surface area contributed by atoms with Crippen molar-refractivity contribution < 1.29 is 9.47 Å². The van der Waals surface area contributed by atoms with Gasteiger partial charge in [0, 0.05) is 23.5 Å². The molecule has 0 saturated carbocycles. The van der Waals surface area contributed by atoms with Gasteiger partial charge < -0.3 is 20.9 Å². The summed E-state index contributed by atoms with van der Waals surface area (Å²) in [5.41, 5.74) is 17.5. The average molecular weight is 445 g/mol. The van der Waals surface area contributed by atoms with Crippen LogP contribution in [0.15, 0.2) is 121 Å². The summed E-state index contributed by atoms with van der Waals surface area (Å²) < 4.78 is 11.9. The monoisotopic (exact) mass is 444 g/mol. The Bertz CT molecular complexity index is 1300. The Hall–Kier alpha value is -4.70. The summed E-state index contributed by atoms with van der Waals surface area (Å²) in [5.74, 6) is 2.95. The maximum atomic E-state index is 5.93. The van der Waals surface area contributed by atoms with Crippen LogP contribution in [0.1, 0.15) is 0 Å². The second kappa shape index (κ2) is 9.43. The molecule has 4 N–H and O–H groups in total. The maximum absolute atomic E-state index is 5.93. The van der Waals surface area contributed by atoms with Crippen LogP contribution in [0.5, 0.6) is 23.0 Å². The predicted molar refractivity (Wildman–Crippen MR) is 139 cm³/mol. The molecule has 0 atom stereocenters. The van der Waals surface area contributed by atoms with Crippen LogP contribution in [0.3, 0.4) is 0 Å². The third-order valence-corrected chi connectivity index (χ3v) is 5.45. The van der Waals surface area contributed by atoms with Gasteiger partial charge in [-0.1, -0.05) is 60.7 Å². The van der Waals surface area contributed by atoms with Crippen LogP contribution >= 0.6 is 0 Å². The van der Waals surface area contributed by atoms with Crippen molar-refractivity contribution in [2.75, 3.05) is 11.5 Å². The highest BCUT2D eigenvalue weighted by Gasteiger charge is 2.08. The molecule has 0 aromatic heterocycles. The summed E-state index contributed by atoms with van der Waals surface area (Å²) in [6.07, 6.45) is 0. The Kier molecular flexibility index (Phi) is 5.87. The molecule has 0 amide bonds. The number of anilines is 2. The molecule has 0 bridgehead atoms. The number of benzene rings is 5. The van der Waals surface area contributed by atoms with Crippen LogP contribution in [-0.2, 0) is 0 Å². The number of rotatable bonds is 6. The molecular weight excluding hydrogens is 420 g/mol. The van der Waals surface area contributed by atoms with E-state index in [1.165, 1.54) is 0 Å². The molecule has 0 aliphatic carbocycles. The number of nitrogen functional groups attached to an aromatic ring is 2. The Morgan fingerprint density at radius 1 is 0.382 bits per heavy atom. The van der Waals surface area contributed by atoms with Crippen molar-refractivity contribution >= 4 is 11.4 Å². The fourth-order valence-corrected chi connectivity index (χ4v) is 3.82. The van der Waals surface area contributed by atoms with E-state index in [2.05, 4.69) is 36.4 Å². The molecule has 166 valence electrons. The summed E-state index contributed by atoms with van der Waals surface area (Å²) >= 11 is 0. The molecule has 0 radical (unpaired) electrons. The van der Waals surface area contributed by atoms with Gasteiger partial charge in [-0.15, -0.1) is 0 Å². The second-order valence-corrected chi connectivity index (χ2v) is 7.94. The van der Waals surface area contributed by atoms with E-state index in [4.69, 9.17) is 20.9 Å².